The van der Waals surface area contributed by atoms with E-state index in [0.29, 0.717) is 6.04 Å². The monoisotopic (exact) mass is 240 g/mol. The minimum absolute atomic E-state index is 0.307. The SMILES string of the molecule is Cn1ncnc1SCC(N)C1CCCCC1. The summed E-state index contributed by atoms with van der Waals surface area (Å²) in [6.45, 7) is 0. The molecule has 5 heteroatoms. The second-order valence-electron chi connectivity index (χ2n) is 4.54. The van der Waals surface area contributed by atoms with Crippen LogP contribution in [0.1, 0.15) is 32.1 Å². The van der Waals surface area contributed by atoms with Gasteiger partial charge in [0, 0.05) is 18.8 Å². The Kier molecular flexibility index (Phi) is 4.23. The molecule has 0 bridgehead atoms. The van der Waals surface area contributed by atoms with Gasteiger partial charge in [0.25, 0.3) is 0 Å². The minimum atomic E-state index is 0.307. The van der Waals surface area contributed by atoms with Crippen molar-refractivity contribution in [2.75, 3.05) is 5.75 Å². The Labute approximate surface area is 101 Å². The molecule has 16 heavy (non-hydrogen) atoms. The van der Waals surface area contributed by atoms with Crippen LogP contribution in [0.25, 0.3) is 0 Å². The molecule has 1 heterocycles. The molecule has 2 rings (SSSR count). The normalized spacial score (nSPS) is 19.9. The summed E-state index contributed by atoms with van der Waals surface area (Å²) in [6.07, 6.45) is 8.30. The number of nitrogens with two attached hydrogens (primary N) is 1. The topological polar surface area (TPSA) is 56.7 Å². The van der Waals surface area contributed by atoms with Gasteiger partial charge in [-0.2, -0.15) is 5.10 Å². The molecule has 1 fully saturated rings. The number of aromatic nitrogens is 3. The Morgan fingerprint density at radius 3 is 2.88 bits per heavy atom. The number of thioether (sulfide) groups is 1. The Morgan fingerprint density at radius 1 is 1.50 bits per heavy atom. The van der Waals surface area contributed by atoms with Gasteiger partial charge in [-0.3, -0.25) is 0 Å². The van der Waals surface area contributed by atoms with E-state index in [1.165, 1.54) is 32.1 Å². The summed E-state index contributed by atoms with van der Waals surface area (Å²) in [7, 11) is 1.92. The molecule has 0 aliphatic heterocycles. The quantitative estimate of drug-likeness (QED) is 0.816. The first-order chi connectivity index (χ1) is 7.77. The average Bonchev–Trinajstić information content (AvgIpc) is 2.73. The van der Waals surface area contributed by atoms with Crippen LogP contribution in [0, 0.1) is 5.92 Å². The molecule has 0 spiro atoms. The maximum atomic E-state index is 6.24. The average molecular weight is 240 g/mol. The van der Waals surface area contributed by atoms with E-state index in [0.717, 1.165) is 16.8 Å². The van der Waals surface area contributed by atoms with Gasteiger partial charge in [-0.25, -0.2) is 9.67 Å². The van der Waals surface area contributed by atoms with Crippen molar-refractivity contribution in [3.63, 3.8) is 0 Å². The highest BCUT2D eigenvalue weighted by atomic mass is 32.2. The third kappa shape index (κ3) is 2.98. The van der Waals surface area contributed by atoms with Crippen LogP contribution < -0.4 is 5.73 Å². The van der Waals surface area contributed by atoms with E-state index < -0.39 is 0 Å². The van der Waals surface area contributed by atoms with Crippen molar-refractivity contribution in [3.8, 4) is 0 Å². The van der Waals surface area contributed by atoms with Crippen molar-refractivity contribution in [2.45, 2.75) is 43.3 Å². The standard InChI is InChI=1S/C11H20N4S/c1-15-11(13-8-14-15)16-7-10(12)9-5-3-2-4-6-9/h8-10H,2-7,12H2,1H3. The summed E-state index contributed by atoms with van der Waals surface area (Å²) in [4.78, 5) is 4.19. The van der Waals surface area contributed by atoms with E-state index >= 15 is 0 Å². The molecular formula is C11H20N4S. The van der Waals surface area contributed by atoms with E-state index in [1.807, 2.05) is 7.05 Å². The zero-order valence-corrected chi connectivity index (χ0v) is 10.6. The first-order valence-electron chi connectivity index (χ1n) is 6.00. The first kappa shape index (κ1) is 11.9. The Balaban J connectivity index is 1.78. The van der Waals surface area contributed by atoms with E-state index in [4.69, 9.17) is 5.73 Å². The number of hydrogen-bond donors (Lipinski definition) is 1. The Hall–Kier alpha value is -0.550. The van der Waals surface area contributed by atoms with Gasteiger partial charge in [-0.05, 0) is 18.8 Å². The lowest BCUT2D eigenvalue weighted by molar-refractivity contribution is 0.319. The van der Waals surface area contributed by atoms with Crippen molar-refractivity contribution in [3.05, 3.63) is 6.33 Å². The maximum Gasteiger partial charge on any atom is 0.185 e. The Morgan fingerprint density at radius 2 is 2.25 bits per heavy atom. The number of rotatable bonds is 4. The zero-order chi connectivity index (χ0) is 11.4. The Bertz CT molecular complexity index is 320. The number of aryl methyl sites for hydroxylation is 1. The fourth-order valence-electron chi connectivity index (χ4n) is 2.29. The molecule has 1 unspecified atom stereocenters. The summed E-state index contributed by atoms with van der Waals surface area (Å²) in [5.41, 5.74) is 6.24. The molecule has 1 aliphatic rings. The van der Waals surface area contributed by atoms with Gasteiger partial charge in [0.05, 0.1) is 0 Å². The van der Waals surface area contributed by atoms with Crippen molar-refractivity contribution in [2.24, 2.45) is 18.7 Å². The fourth-order valence-corrected chi connectivity index (χ4v) is 3.25. The molecule has 90 valence electrons. The molecule has 1 atom stereocenters. The lowest BCUT2D eigenvalue weighted by Gasteiger charge is -2.26. The van der Waals surface area contributed by atoms with Gasteiger partial charge >= 0.3 is 0 Å². The van der Waals surface area contributed by atoms with Gasteiger partial charge in [0.15, 0.2) is 5.16 Å². The van der Waals surface area contributed by atoms with E-state index in [2.05, 4.69) is 10.1 Å². The second-order valence-corrected chi connectivity index (χ2v) is 5.53. The van der Waals surface area contributed by atoms with Gasteiger partial charge in [-0.1, -0.05) is 31.0 Å². The molecule has 0 saturated heterocycles. The molecule has 1 saturated carbocycles. The number of nitrogens with zero attached hydrogens (tertiary/aromatic N) is 3. The van der Waals surface area contributed by atoms with Gasteiger partial charge in [0.1, 0.15) is 6.33 Å². The predicted octanol–water partition coefficient (Wildman–Crippen LogP) is 1.81. The highest BCUT2D eigenvalue weighted by Crippen LogP contribution is 2.28. The molecule has 1 aliphatic carbocycles. The highest BCUT2D eigenvalue weighted by molar-refractivity contribution is 7.99. The van der Waals surface area contributed by atoms with Gasteiger partial charge < -0.3 is 5.73 Å². The molecule has 1 aromatic rings. The van der Waals surface area contributed by atoms with Crippen LogP contribution in [0.4, 0.5) is 0 Å². The molecule has 2 N–H and O–H groups in total. The maximum absolute atomic E-state index is 6.24. The summed E-state index contributed by atoms with van der Waals surface area (Å²) in [5, 5.41) is 5.02. The van der Waals surface area contributed by atoms with Crippen LogP contribution in [-0.4, -0.2) is 26.6 Å². The van der Waals surface area contributed by atoms with Crippen molar-refractivity contribution >= 4 is 11.8 Å². The van der Waals surface area contributed by atoms with E-state index in [1.54, 1.807) is 22.8 Å². The van der Waals surface area contributed by atoms with Crippen LogP contribution in [0.5, 0.6) is 0 Å². The largest absolute Gasteiger partial charge is 0.327 e. The smallest absolute Gasteiger partial charge is 0.185 e. The van der Waals surface area contributed by atoms with Crippen molar-refractivity contribution in [1.29, 1.82) is 0 Å². The van der Waals surface area contributed by atoms with Crippen molar-refractivity contribution in [1.82, 2.24) is 14.8 Å². The molecule has 0 radical (unpaired) electrons. The van der Waals surface area contributed by atoms with Crippen LogP contribution in [-0.2, 0) is 7.05 Å². The van der Waals surface area contributed by atoms with Crippen LogP contribution in [0.15, 0.2) is 11.5 Å². The zero-order valence-electron chi connectivity index (χ0n) is 9.80. The first-order valence-corrected chi connectivity index (χ1v) is 6.98. The van der Waals surface area contributed by atoms with Gasteiger partial charge in [-0.15, -0.1) is 0 Å². The van der Waals surface area contributed by atoms with Crippen LogP contribution in [0.3, 0.4) is 0 Å². The van der Waals surface area contributed by atoms with Crippen LogP contribution in [0.2, 0.25) is 0 Å². The molecule has 1 aromatic heterocycles. The second kappa shape index (κ2) is 5.68. The minimum Gasteiger partial charge on any atom is -0.327 e. The highest BCUT2D eigenvalue weighted by Gasteiger charge is 2.20. The number of hydrogen-bond acceptors (Lipinski definition) is 4. The molecule has 0 aromatic carbocycles. The predicted molar refractivity (Wildman–Crippen MR) is 66.3 cm³/mol. The third-order valence-corrected chi connectivity index (χ3v) is 4.51. The van der Waals surface area contributed by atoms with E-state index in [9.17, 15) is 0 Å². The van der Waals surface area contributed by atoms with E-state index in [-0.39, 0.29) is 0 Å². The van der Waals surface area contributed by atoms with Crippen LogP contribution >= 0.6 is 11.8 Å². The lowest BCUT2D eigenvalue weighted by atomic mass is 9.85. The summed E-state index contributed by atoms with van der Waals surface area (Å²) >= 11 is 1.72. The molecule has 4 nitrogen and oxygen atoms in total. The van der Waals surface area contributed by atoms with Crippen molar-refractivity contribution < 1.29 is 0 Å². The summed E-state index contributed by atoms with van der Waals surface area (Å²) in [6, 6.07) is 0.307. The van der Waals surface area contributed by atoms with Gasteiger partial charge in [0.2, 0.25) is 0 Å². The molecule has 0 amide bonds. The molecular weight excluding hydrogens is 220 g/mol. The third-order valence-electron chi connectivity index (χ3n) is 3.33. The summed E-state index contributed by atoms with van der Waals surface area (Å²) in [5.74, 6) is 1.67. The summed E-state index contributed by atoms with van der Waals surface area (Å²) < 4.78 is 1.80. The fraction of sp³-hybridized carbons (Fsp3) is 0.818. The lowest BCUT2D eigenvalue weighted by Crippen LogP contribution is -2.33.